The van der Waals surface area contributed by atoms with Crippen LogP contribution in [0.15, 0.2) is 0 Å². The molecule has 0 spiro atoms. The molecule has 24 bridgehead atoms. The Morgan fingerprint density at radius 2 is 0.602 bits per heavy atom. The molecule has 0 heterocycles. The molecule has 0 saturated heterocycles. The second kappa shape index (κ2) is 30.1. The van der Waals surface area contributed by atoms with Gasteiger partial charge in [-0.05, 0) is 404 Å². The van der Waals surface area contributed by atoms with E-state index in [-0.39, 0.29) is 145 Å². The van der Waals surface area contributed by atoms with Gasteiger partial charge in [-0.25, -0.2) is 0 Å². The van der Waals surface area contributed by atoms with Crippen LogP contribution in [-0.2, 0) is 57.2 Å². The van der Waals surface area contributed by atoms with Crippen molar-refractivity contribution in [3.05, 3.63) is 0 Å². The van der Waals surface area contributed by atoms with E-state index in [4.69, 9.17) is 28.4 Å². The highest BCUT2D eigenvalue weighted by Gasteiger charge is 2.72. The molecule has 12 heteroatoms. The minimum Gasteiger partial charge on any atom is -0.462 e. The van der Waals surface area contributed by atoms with Gasteiger partial charge >= 0.3 is 35.8 Å². The second-order valence-corrected chi connectivity index (χ2v) is 42.4. The molecule has 612 valence electrons. The molecule has 24 fully saturated rings. The van der Waals surface area contributed by atoms with Crippen LogP contribution in [0, 0.1) is 213 Å². The molecule has 24 aliphatic rings. The zero-order valence-electron chi connectivity index (χ0n) is 64.5. The monoisotopic (exact) mass is 1500 g/mol. The molecule has 0 aliphatic heterocycles. The molecule has 24 saturated carbocycles. The minimum atomic E-state index is -0.407. The number of ether oxygens (including phenoxy) is 6. The standard InChI is InChI=1S/C31H46O4.C30H44O4.C29H42O4.6CH4/c1-5-30(3,4)29(33)34-25-15-19-14-24(25)27-22-12-18(26(19)27)13-23(22)28(32)35-31(6-2)20-8-16-7-17(10-20)11-21(31)9-16;1-4-15(3)28(31)33-25-14-19-13-24(25)27-22-11-18(26(19)27)12-23(22)29(32)34-30(5-2)20-7-16-6-17(9-20)10-21(30)8-16;1-4-14(2)27(30)32-24-13-18-12-23(24)26-21-10-17(25(18)26)11-22(21)28(31)33-29(3)19-6-15-5-16(8-19)9-20(29)7-15;;;;;;/h16-27H,5-15H2,1-4H3;15-27H,4-14H2,1-3H3;14-26H,4-13H2,1-3H3;6*1H4. The van der Waals surface area contributed by atoms with Gasteiger partial charge in [-0.3, -0.25) is 28.8 Å². The highest BCUT2D eigenvalue weighted by atomic mass is 16.6. The maximum atomic E-state index is 13.9. The van der Waals surface area contributed by atoms with Crippen LogP contribution in [0.5, 0.6) is 0 Å². The van der Waals surface area contributed by atoms with E-state index in [0.717, 1.165) is 124 Å². The normalized spacial score (nSPS) is 51.2. The van der Waals surface area contributed by atoms with Crippen LogP contribution in [0.25, 0.3) is 0 Å². The molecular formula is C96H156O12. The van der Waals surface area contributed by atoms with Crippen LogP contribution in [0.3, 0.4) is 0 Å². The third-order valence-electron chi connectivity index (χ3n) is 38.2. The Kier molecular flexibility index (Phi) is 23.1. The summed E-state index contributed by atoms with van der Waals surface area (Å²) in [7, 11) is 0. The van der Waals surface area contributed by atoms with Crippen molar-refractivity contribution in [2.45, 2.75) is 354 Å². The van der Waals surface area contributed by atoms with Crippen LogP contribution < -0.4 is 0 Å². The highest BCUT2D eigenvalue weighted by molar-refractivity contribution is 5.77. The lowest BCUT2D eigenvalue weighted by Gasteiger charge is -2.60. The van der Waals surface area contributed by atoms with Gasteiger partial charge in [0.2, 0.25) is 0 Å². The van der Waals surface area contributed by atoms with Gasteiger partial charge in [0.15, 0.2) is 0 Å². The highest BCUT2D eigenvalue weighted by Crippen LogP contribution is 2.74. The Morgan fingerprint density at radius 3 is 0.889 bits per heavy atom. The Hall–Kier alpha value is -3.18. The third kappa shape index (κ3) is 12.6. The summed E-state index contributed by atoms with van der Waals surface area (Å²) in [4.78, 5) is 79.4. The number of carbonyl (C=O) groups excluding carboxylic acids is 6. The lowest BCUT2D eigenvalue weighted by atomic mass is 9.49. The predicted molar refractivity (Wildman–Crippen MR) is 426 cm³/mol. The van der Waals surface area contributed by atoms with Gasteiger partial charge < -0.3 is 28.4 Å². The first-order valence-corrected chi connectivity index (χ1v) is 44.3. The Morgan fingerprint density at radius 1 is 0.333 bits per heavy atom. The van der Waals surface area contributed by atoms with Crippen molar-refractivity contribution in [2.75, 3.05) is 0 Å². The first-order chi connectivity index (χ1) is 49.0. The Balaban J connectivity index is 0.000000139. The van der Waals surface area contributed by atoms with Crippen LogP contribution >= 0.6 is 0 Å². The van der Waals surface area contributed by atoms with Crippen molar-refractivity contribution in [1.82, 2.24) is 0 Å². The molecule has 0 aromatic rings. The van der Waals surface area contributed by atoms with E-state index < -0.39 is 5.41 Å². The maximum Gasteiger partial charge on any atom is 0.311 e. The number of esters is 6. The summed E-state index contributed by atoms with van der Waals surface area (Å²) < 4.78 is 38.4. The number of rotatable bonds is 17. The quantitative estimate of drug-likeness (QED) is 0.0772. The fourth-order valence-electron chi connectivity index (χ4n) is 33.9. The molecule has 24 aliphatic carbocycles. The lowest BCUT2D eigenvalue weighted by molar-refractivity contribution is -0.217. The fraction of sp³-hybridized carbons (Fsp3) is 0.938. The van der Waals surface area contributed by atoms with Gasteiger partial charge in [0.25, 0.3) is 0 Å². The van der Waals surface area contributed by atoms with Crippen LogP contribution in [-0.4, -0.2) is 70.9 Å². The molecule has 0 aromatic heterocycles. The lowest BCUT2D eigenvalue weighted by Crippen LogP contribution is -2.60. The zero-order valence-corrected chi connectivity index (χ0v) is 64.5. The average molecular weight is 1500 g/mol. The third-order valence-corrected chi connectivity index (χ3v) is 38.2. The fourth-order valence-corrected chi connectivity index (χ4v) is 33.9. The van der Waals surface area contributed by atoms with E-state index in [2.05, 4.69) is 41.5 Å². The number of hydrogen-bond acceptors (Lipinski definition) is 12. The topological polar surface area (TPSA) is 158 Å². The van der Waals surface area contributed by atoms with Gasteiger partial charge in [0.1, 0.15) is 35.1 Å². The molecular weight excluding hydrogens is 1350 g/mol. The van der Waals surface area contributed by atoms with E-state index >= 15 is 0 Å². The SMILES string of the molecule is C.C.C.C.C.C.CCC(C)(C)C(=O)OC1CC2CC1C1C3CC(CC3C(=O)OC3(CC)C4CC5CC(C4)CC3C5)C21.CCC(C)C(=O)OC1CC2CC1C1C3CC(CC3C(=O)OC3(C)C4CC5CC(C4)CC3C5)C21.CCC(C)C(=O)OC1CC2CC1C1C3CC(CC3C(=O)OC3(CC)C4CC5CC(C4)CC3C5)C21. The van der Waals surface area contributed by atoms with Crippen molar-refractivity contribution in [3.63, 3.8) is 0 Å². The summed E-state index contributed by atoms with van der Waals surface area (Å²) in [6.45, 7) is 21.0. The maximum absolute atomic E-state index is 13.9. The largest absolute Gasteiger partial charge is 0.462 e. The van der Waals surface area contributed by atoms with Gasteiger partial charge in [0.05, 0.1) is 35.0 Å². The smallest absolute Gasteiger partial charge is 0.311 e. The average Bonchev–Trinajstić information content (AvgIpc) is 1.50. The Labute approximate surface area is 656 Å². The van der Waals surface area contributed by atoms with Crippen LogP contribution in [0.1, 0.15) is 319 Å². The molecule has 0 N–H and O–H groups in total. The first kappa shape index (κ1) is 82.8. The van der Waals surface area contributed by atoms with E-state index in [1.807, 2.05) is 27.7 Å². The summed E-state index contributed by atoms with van der Waals surface area (Å²) in [6, 6.07) is 0. The second-order valence-electron chi connectivity index (χ2n) is 42.4. The van der Waals surface area contributed by atoms with E-state index in [1.54, 1.807) is 0 Å². The zero-order chi connectivity index (χ0) is 70.3. The van der Waals surface area contributed by atoms with Gasteiger partial charge in [0, 0.05) is 0 Å². The van der Waals surface area contributed by atoms with Crippen molar-refractivity contribution < 1.29 is 57.2 Å². The van der Waals surface area contributed by atoms with E-state index in [1.165, 1.54) is 135 Å². The molecule has 12 nitrogen and oxygen atoms in total. The van der Waals surface area contributed by atoms with Gasteiger partial charge in [-0.2, -0.15) is 0 Å². The molecule has 108 heavy (non-hydrogen) atoms. The summed E-state index contributed by atoms with van der Waals surface area (Å²) in [5.74, 6) is 20.7. The summed E-state index contributed by atoms with van der Waals surface area (Å²) in [6.07, 6.45) is 38.1. The minimum absolute atomic E-state index is 0. The van der Waals surface area contributed by atoms with Crippen molar-refractivity contribution in [1.29, 1.82) is 0 Å². The molecule has 0 amide bonds. The summed E-state index contributed by atoms with van der Waals surface area (Å²) in [5.41, 5.74) is -0.969. The van der Waals surface area contributed by atoms with Gasteiger partial charge in [-0.15, -0.1) is 0 Å². The molecule has 0 radical (unpaired) electrons. The molecule has 0 aromatic carbocycles. The number of fused-ring (bicyclic) bond motifs is 27. The van der Waals surface area contributed by atoms with Gasteiger partial charge in [-0.1, -0.05) is 93.0 Å². The van der Waals surface area contributed by atoms with Crippen molar-refractivity contribution >= 4 is 35.8 Å². The number of carbonyl (C=O) groups is 6. The molecule has 26 atom stereocenters. The summed E-state index contributed by atoms with van der Waals surface area (Å²) in [5, 5.41) is 0. The molecule has 24 rings (SSSR count). The van der Waals surface area contributed by atoms with Crippen LogP contribution in [0.2, 0.25) is 0 Å². The van der Waals surface area contributed by atoms with Crippen molar-refractivity contribution in [3.8, 4) is 0 Å². The molecule has 26 unspecified atom stereocenters. The van der Waals surface area contributed by atoms with E-state index in [0.29, 0.717) is 124 Å². The summed E-state index contributed by atoms with van der Waals surface area (Å²) >= 11 is 0. The predicted octanol–water partition coefficient (Wildman–Crippen LogP) is 21.9. The number of hydrogen-bond donors (Lipinski definition) is 0. The Bertz CT molecular complexity index is 3210. The van der Waals surface area contributed by atoms with Crippen LogP contribution in [0.4, 0.5) is 0 Å². The first-order valence-electron chi connectivity index (χ1n) is 44.3. The van der Waals surface area contributed by atoms with Crippen molar-refractivity contribution in [2.24, 2.45) is 213 Å². The van der Waals surface area contributed by atoms with E-state index in [9.17, 15) is 28.8 Å².